The lowest BCUT2D eigenvalue weighted by Gasteiger charge is -2.39. The second-order valence-corrected chi connectivity index (χ2v) is 37.4. The highest BCUT2D eigenvalue weighted by Gasteiger charge is 2.71. The van der Waals surface area contributed by atoms with Crippen LogP contribution in [0.15, 0.2) is 36.4 Å². The molecule has 2 aromatic carbocycles. The number of carbonyl (C=O) groups is 8. The van der Waals surface area contributed by atoms with Gasteiger partial charge in [-0.2, -0.15) is 0 Å². The van der Waals surface area contributed by atoms with E-state index in [9.17, 15) is 95.4 Å². The Bertz CT molecular complexity index is 3650. The van der Waals surface area contributed by atoms with E-state index in [1.165, 1.54) is 48.2 Å². The SMILES string of the molecule is C.CN(C[C@@H](NC(=O)N[C@H](C(=O)N1C[C@H]2[C@@H]([C@H]1C(=O)N[C@@H](CC(F)F)C(=O)NCCc1c(F)cccc1F)C2(C)C)C(C)(C)C)C(C)(C)C)S(C)(=O)=O.CN(C[C@@H](NC(=O)N[C@H](C(=O)N1C[C@H]2[C@@H]([C@H]1C(=O)N[C@@H](CC(F)F)C(=O)O)C2(C)C)C(C)(C)C)C(C)(C)C)S(C)(=O)=O.Cl.NCCc1c(F)cccc1F. The molecule has 0 aromatic heterocycles. The van der Waals surface area contributed by atoms with Crippen molar-refractivity contribution >= 4 is 80.0 Å². The number of amides is 9. The third-order valence-electron chi connectivity index (χ3n) is 20.3. The lowest BCUT2D eigenvalue weighted by atomic mass is 9.85. The van der Waals surface area contributed by atoms with Crippen molar-refractivity contribution in [2.75, 3.05) is 65.9 Å². The molecule has 4 fully saturated rings. The highest BCUT2D eigenvalue weighted by molar-refractivity contribution is 7.88. The number of carbonyl (C=O) groups excluding carboxylic acids is 7. The Labute approximate surface area is 631 Å². The van der Waals surface area contributed by atoms with Gasteiger partial charge in [0.15, 0.2) is 0 Å². The molecule has 2 saturated carbocycles. The number of fused-ring (bicyclic) bond motifs is 2. The summed E-state index contributed by atoms with van der Waals surface area (Å²) >= 11 is 0. The van der Waals surface area contributed by atoms with Crippen molar-refractivity contribution in [2.45, 2.75) is 205 Å². The molecule has 6 rings (SSSR count). The van der Waals surface area contributed by atoms with Crippen molar-refractivity contribution < 1.29 is 95.4 Å². The lowest BCUT2D eigenvalue weighted by Crippen LogP contribution is -2.62. The molecule has 0 unspecified atom stereocenters. The summed E-state index contributed by atoms with van der Waals surface area (Å²) < 4.78 is 157. The van der Waals surface area contributed by atoms with Gasteiger partial charge >= 0.3 is 18.0 Å². The number of nitrogens with one attached hydrogen (secondary N) is 7. The number of sulfonamides is 2. The highest BCUT2D eigenvalue weighted by atomic mass is 35.5. The third kappa shape index (κ3) is 26.0. The number of nitrogens with zero attached hydrogens (tertiary/aromatic N) is 4. The van der Waals surface area contributed by atoms with E-state index in [-0.39, 0.29) is 118 Å². The van der Waals surface area contributed by atoms with Gasteiger partial charge in [0.25, 0.3) is 0 Å². The van der Waals surface area contributed by atoms with E-state index in [0.29, 0.717) is 0 Å². The van der Waals surface area contributed by atoms with Gasteiger partial charge in [-0.25, -0.2) is 75.0 Å². The molecule has 10 N–H and O–H groups in total. The first-order valence-corrected chi connectivity index (χ1v) is 38.2. The quantitative estimate of drug-likeness (QED) is 0.0391. The van der Waals surface area contributed by atoms with Gasteiger partial charge < -0.3 is 57.9 Å². The molecule has 4 aliphatic rings. The van der Waals surface area contributed by atoms with Gasteiger partial charge in [-0.05, 0) is 99.8 Å². The predicted molar refractivity (Wildman–Crippen MR) is 393 cm³/mol. The monoisotopic (exact) mass is 1590 g/mol. The number of benzene rings is 2. The van der Waals surface area contributed by atoms with Crippen LogP contribution < -0.4 is 43.0 Å². The fraction of sp³-hybridized carbons (Fsp3) is 0.718. The molecule has 2 heterocycles. The van der Waals surface area contributed by atoms with E-state index >= 15 is 0 Å². The van der Waals surface area contributed by atoms with Gasteiger partial charge in [0.05, 0.1) is 12.5 Å². The van der Waals surface area contributed by atoms with Crippen LogP contribution >= 0.6 is 12.4 Å². The number of aliphatic carboxylic acids is 1. The van der Waals surface area contributed by atoms with Crippen LogP contribution in [0.2, 0.25) is 0 Å². The molecule has 9 amide bonds. The number of carboxylic acids is 1. The maximum atomic E-state index is 14.3. The molecule has 25 nitrogen and oxygen atoms in total. The summed E-state index contributed by atoms with van der Waals surface area (Å²) in [6, 6.07) is -3.72. The predicted octanol–water partition coefficient (Wildman–Crippen LogP) is 7.50. The maximum absolute atomic E-state index is 14.3. The van der Waals surface area contributed by atoms with E-state index in [1.54, 1.807) is 41.5 Å². The summed E-state index contributed by atoms with van der Waals surface area (Å²) in [4.78, 5) is 109. The fourth-order valence-electron chi connectivity index (χ4n) is 13.2. The lowest BCUT2D eigenvalue weighted by molar-refractivity contribution is -0.147. The second-order valence-electron chi connectivity index (χ2n) is 33.2. The Kier molecular flexibility index (Phi) is 33.6. The molecule has 0 spiro atoms. The molecule has 2 aliphatic carbocycles. The number of alkyl halides is 4. The smallest absolute Gasteiger partial charge is 0.326 e. The molecule has 2 saturated heterocycles. The molecule has 36 heteroatoms. The minimum absolute atomic E-state index is 0. The second kappa shape index (κ2) is 37.3. The molecule has 107 heavy (non-hydrogen) atoms. The van der Waals surface area contributed by atoms with Crippen LogP contribution in [0.5, 0.6) is 0 Å². The molecule has 612 valence electrons. The van der Waals surface area contributed by atoms with Gasteiger partial charge in [0.1, 0.15) is 59.5 Å². The van der Waals surface area contributed by atoms with Crippen LogP contribution in [-0.2, 0) is 61.7 Å². The molecule has 12 atom stereocenters. The summed E-state index contributed by atoms with van der Waals surface area (Å²) in [5.74, 6) is -8.93. The zero-order chi connectivity index (χ0) is 80.7. The van der Waals surface area contributed by atoms with E-state index in [0.717, 1.165) is 33.3 Å². The number of hydrogen-bond donors (Lipinski definition) is 9. The first-order chi connectivity index (χ1) is 47.7. The summed E-state index contributed by atoms with van der Waals surface area (Å²) in [7, 11) is -4.30. The molecule has 0 radical (unpaired) electrons. The summed E-state index contributed by atoms with van der Waals surface area (Å²) in [6.07, 6.45) is -5.97. The normalized spacial score (nSPS) is 21.0. The molecule has 2 aliphatic heterocycles. The van der Waals surface area contributed by atoms with Crippen LogP contribution in [0.1, 0.15) is 142 Å². The summed E-state index contributed by atoms with van der Waals surface area (Å²) in [5.41, 5.74) is 1.40. The summed E-state index contributed by atoms with van der Waals surface area (Å²) in [6.45, 7) is 29.3. The van der Waals surface area contributed by atoms with Crippen LogP contribution in [0.4, 0.5) is 44.7 Å². The van der Waals surface area contributed by atoms with Crippen LogP contribution in [-0.4, -0.2) is 215 Å². The van der Waals surface area contributed by atoms with Crippen LogP contribution in [0.3, 0.4) is 0 Å². The van der Waals surface area contributed by atoms with Gasteiger partial charge in [0, 0.05) is 82.9 Å². The van der Waals surface area contributed by atoms with E-state index in [1.807, 2.05) is 69.2 Å². The van der Waals surface area contributed by atoms with Crippen molar-refractivity contribution in [3.05, 3.63) is 70.8 Å². The van der Waals surface area contributed by atoms with Crippen LogP contribution in [0, 0.1) is 79.4 Å². The molecule has 0 bridgehead atoms. The number of carboxylic acid groups (broad SMARTS) is 1. The number of nitrogens with two attached hydrogens (primary N) is 1. The number of urea groups is 2. The molecule has 2 aromatic rings. The first-order valence-electron chi connectivity index (χ1n) is 34.5. The van der Waals surface area contributed by atoms with Crippen molar-refractivity contribution in [1.82, 2.24) is 55.6 Å². The van der Waals surface area contributed by atoms with Gasteiger partial charge in [-0.3, -0.25) is 24.0 Å². The average Bonchev–Trinajstić information content (AvgIpc) is 1.53. The maximum Gasteiger partial charge on any atom is 0.326 e. The molecular weight excluding hydrogens is 1480 g/mol. The fourth-order valence-corrected chi connectivity index (χ4v) is 14.1. The number of halogens is 9. The van der Waals surface area contributed by atoms with E-state index in [2.05, 4.69) is 37.2 Å². The Morgan fingerprint density at radius 1 is 0.551 bits per heavy atom. The van der Waals surface area contributed by atoms with E-state index in [4.69, 9.17) is 5.73 Å². The number of piperidine rings is 2. The van der Waals surface area contributed by atoms with E-state index < -0.39 is 187 Å². The minimum Gasteiger partial charge on any atom is -0.480 e. The number of hydrogen-bond acceptors (Lipinski definition) is 13. The van der Waals surface area contributed by atoms with Gasteiger partial charge in [0.2, 0.25) is 62.4 Å². The van der Waals surface area contributed by atoms with Crippen molar-refractivity contribution in [3.8, 4) is 0 Å². The third-order valence-corrected chi connectivity index (χ3v) is 22.8. The summed E-state index contributed by atoms with van der Waals surface area (Å²) in [5, 5.41) is 27.4. The largest absolute Gasteiger partial charge is 0.480 e. The topological polar surface area (TPSA) is 348 Å². The Hall–Kier alpha value is -6.69. The van der Waals surface area contributed by atoms with Gasteiger partial charge in [-0.15, -0.1) is 12.4 Å². The van der Waals surface area contributed by atoms with Gasteiger partial charge in [-0.1, -0.05) is 130 Å². The number of rotatable bonds is 27. The zero-order valence-electron chi connectivity index (χ0n) is 64.1. The number of likely N-dealkylation sites (N-methyl/N-ethyl adjacent to an activating group) is 2. The standard InChI is InChI=1S/C35H54F4N6O6S.C27H47F2N5O7S.C8H9F2N.CH4.ClH/c1-33(2,3)24(18-44(9)52(10,50)51)42-32(49)43-28(34(4,5)6)31(48)45-17-20-26(35(20,7)8)27(45)30(47)41-23(16-25(38)39)29(46)40-15-14-19-21(36)12-11-13-22(19)37;1-25(2,3)16(13-33(9)42(10,40)41)31-24(39)32-20(26(4,5)6)22(36)34-12-14-18(27(14,7)8)19(34)21(35)30-15(23(37)38)11-17(28)29;9-7-2-1-3-8(10)6(7)4-5-11;;/h11-13,20,23-28H,14-18H2,1-10H3,(H,40,46)(H,41,47)(H2,42,43,49);14-20H,11-13H2,1-10H3,(H,30,35)(H,37,38)(H2,31,32,39);1-3H,4-5,11H2;1H4;1H/t20-,23-,24+,26-,27-,28+;14-,15-,16+,18-,19-,20+;;;/m00.../s1. The first kappa shape index (κ1) is 96.4. The van der Waals surface area contributed by atoms with Crippen molar-refractivity contribution in [1.29, 1.82) is 0 Å². The van der Waals surface area contributed by atoms with Crippen LogP contribution in [0.25, 0.3) is 0 Å². The Morgan fingerprint density at radius 2 is 0.869 bits per heavy atom. The average molecular weight is 1600 g/mol. The van der Waals surface area contributed by atoms with Crippen molar-refractivity contribution in [3.63, 3.8) is 0 Å². The zero-order valence-corrected chi connectivity index (χ0v) is 66.5. The minimum atomic E-state index is -3.56. The Morgan fingerprint density at radius 3 is 1.16 bits per heavy atom. The highest BCUT2D eigenvalue weighted by Crippen LogP contribution is 2.66. The molecular formula is C71H115ClF8N12O13S2. The Balaban J connectivity index is 0.000000633. The van der Waals surface area contributed by atoms with Crippen molar-refractivity contribution in [2.24, 2.45) is 61.9 Å². The number of likely N-dealkylation sites (tertiary alicyclic amines) is 2.